The molecule has 0 aliphatic heterocycles. The van der Waals surface area contributed by atoms with Gasteiger partial charge in [0.1, 0.15) is 11.7 Å². The van der Waals surface area contributed by atoms with Gasteiger partial charge in [-0.3, -0.25) is 5.41 Å². The molecule has 0 amide bonds. The fourth-order valence-electron chi connectivity index (χ4n) is 2.73. The maximum Gasteiger partial charge on any atom is 0.208 e. The van der Waals surface area contributed by atoms with Gasteiger partial charge in [0.25, 0.3) is 0 Å². The molecule has 0 saturated carbocycles. The van der Waals surface area contributed by atoms with E-state index in [9.17, 15) is 12.8 Å². The number of benzene rings is 2. The summed E-state index contributed by atoms with van der Waals surface area (Å²) < 4.78 is 40.4. The summed E-state index contributed by atoms with van der Waals surface area (Å²) in [4.78, 5) is 0.716. The Kier molecular flexibility index (Phi) is 5.41. The molecule has 1 heterocycles. The lowest BCUT2D eigenvalue weighted by Crippen LogP contribution is -2.08. The summed E-state index contributed by atoms with van der Waals surface area (Å²) in [6.45, 7) is 1.78. The van der Waals surface area contributed by atoms with Crippen molar-refractivity contribution >= 4 is 38.8 Å². The second-order valence-electron chi connectivity index (χ2n) is 5.87. The highest BCUT2D eigenvalue weighted by Gasteiger charge is 2.25. The van der Waals surface area contributed by atoms with E-state index in [0.29, 0.717) is 14.6 Å². The zero-order valence-corrected chi connectivity index (χ0v) is 17.1. The lowest BCUT2D eigenvalue weighted by molar-refractivity contribution is 0.595. The molecule has 0 unspecified atom stereocenters. The molecular weight excluding hydrogens is 403 g/mol. The van der Waals surface area contributed by atoms with E-state index < -0.39 is 9.84 Å². The number of nitrogens with two attached hydrogens (primary N) is 1. The largest absolute Gasteiger partial charge is 0.383 e. The third-order valence-electron chi connectivity index (χ3n) is 4.05. The number of halogens is 1. The molecule has 27 heavy (non-hydrogen) atoms. The lowest BCUT2D eigenvalue weighted by atomic mass is 10.0. The lowest BCUT2D eigenvalue weighted by Gasteiger charge is -2.09. The number of nitrogen functional groups attached to an aromatic ring is 1. The first-order chi connectivity index (χ1) is 12.7. The van der Waals surface area contributed by atoms with Gasteiger partial charge in [0.15, 0.2) is 0 Å². The van der Waals surface area contributed by atoms with E-state index in [1.54, 1.807) is 37.4 Å². The Bertz CT molecular complexity index is 1140. The summed E-state index contributed by atoms with van der Waals surface area (Å²) in [7, 11) is -3.78. The molecule has 2 aromatic carbocycles. The third kappa shape index (κ3) is 3.78. The first kappa shape index (κ1) is 19.6. The maximum absolute atomic E-state index is 13.4. The Morgan fingerprint density at radius 2 is 1.93 bits per heavy atom. The van der Waals surface area contributed by atoms with Gasteiger partial charge in [0, 0.05) is 0 Å². The molecule has 0 atom stereocenters. The van der Waals surface area contributed by atoms with Crippen molar-refractivity contribution in [2.75, 3.05) is 6.26 Å². The van der Waals surface area contributed by atoms with Gasteiger partial charge in [0.2, 0.25) is 9.84 Å². The van der Waals surface area contributed by atoms with Crippen LogP contribution in [0.4, 0.5) is 4.39 Å². The van der Waals surface area contributed by atoms with E-state index in [0.717, 1.165) is 11.1 Å². The summed E-state index contributed by atoms with van der Waals surface area (Å²) >= 11 is 2.49. The highest BCUT2D eigenvalue weighted by atomic mass is 32.2. The Labute approximate surface area is 165 Å². The van der Waals surface area contributed by atoms with E-state index in [1.807, 2.05) is 0 Å². The molecule has 0 bridgehead atoms. The highest BCUT2D eigenvalue weighted by molar-refractivity contribution is 8.01. The van der Waals surface area contributed by atoms with Crippen LogP contribution in [0, 0.1) is 18.2 Å². The zero-order valence-electron chi connectivity index (χ0n) is 14.6. The number of rotatable bonds is 5. The van der Waals surface area contributed by atoms with Gasteiger partial charge in [-0.25, -0.2) is 12.8 Å². The summed E-state index contributed by atoms with van der Waals surface area (Å²) in [5.74, 6) is -0.493. The number of sulfone groups is 1. The minimum Gasteiger partial charge on any atom is -0.383 e. The van der Waals surface area contributed by atoms with Crippen molar-refractivity contribution in [3.63, 3.8) is 0 Å². The van der Waals surface area contributed by atoms with E-state index in [-0.39, 0.29) is 21.4 Å². The molecule has 0 spiro atoms. The first-order valence-corrected chi connectivity index (χ1v) is 11.4. The smallest absolute Gasteiger partial charge is 0.208 e. The van der Waals surface area contributed by atoms with Crippen molar-refractivity contribution in [3.8, 4) is 11.1 Å². The number of aryl methyl sites for hydroxylation is 1. The van der Waals surface area contributed by atoms with E-state index in [1.165, 1.54) is 47.4 Å². The minimum atomic E-state index is -3.78. The summed E-state index contributed by atoms with van der Waals surface area (Å²) in [5.41, 5.74) is 7.71. The quantitative estimate of drug-likeness (QED) is 0.356. The van der Waals surface area contributed by atoms with Crippen LogP contribution in [0.1, 0.15) is 10.4 Å². The van der Waals surface area contributed by atoms with Crippen LogP contribution >= 0.6 is 23.1 Å². The molecule has 0 fully saturated rings. The topological polar surface area (TPSA) is 84.0 Å². The predicted molar refractivity (Wildman–Crippen MR) is 109 cm³/mol. The second kappa shape index (κ2) is 7.46. The second-order valence-corrected chi connectivity index (χ2v) is 9.92. The van der Waals surface area contributed by atoms with Gasteiger partial charge in [-0.05, 0) is 60.2 Å². The van der Waals surface area contributed by atoms with Crippen LogP contribution in [0.2, 0.25) is 0 Å². The predicted octanol–water partition coefficient (Wildman–Crippen LogP) is 4.70. The Morgan fingerprint density at radius 3 is 2.56 bits per heavy atom. The van der Waals surface area contributed by atoms with Crippen LogP contribution in [-0.4, -0.2) is 20.5 Å². The number of thioether (sulfide) groups is 1. The Hall–Kier alpha value is -2.16. The van der Waals surface area contributed by atoms with Crippen LogP contribution in [0.3, 0.4) is 0 Å². The van der Waals surface area contributed by atoms with Crippen LogP contribution < -0.4 is 5.73 Å². The van der Waals surface area contributed by atoms with Gasteiger partial charge in [-0.1, -0.05) is 18.2 Å². The molecular formula is C19H17FN2O2S3. The van der Waals surface area contributed by atoms with Crippen LogP contribution in [-0.2, 0) is 9.84 Å². The summed E-state index contributed by atoms with van der Waals surface area (Å²) in [5, 5.41) is 7.57. The van der Waals surface area contributed by atoms with Crippen molar-refractivity contribution in [1.82, 2.24) is 0 Å². The van der Waals surface area contributed by atoms with Gasteiger partial charge in [-0.15, -0.1) is 23.1 Å². The SMILES string of the molecule is CSc1sc(C(=N)N)cc1S(=O)(=O)c1cccc(-c2ccc(F)cc2C)c1. The Morgan fingerprint density at radius 1 is 1.19 bits per heavy atom. The molecule has 3 N–H and O–H groups in total. The first-order valence-electron chi connectivity index (χ1n) is 7.88. The average molecular weight is 421 g/mol. The molecule has 4 nitrogen and oxygen atoms in total. The fourth-order valence-corrected chi connectivity index (χ4v) is 6.63. The number of hydrogen-bond donors (Lipinski definition) is 2. The Balaban J connectivity index is 2.13. The molecule has 8 heteroatoms. The van der Waals surface area contributed by atoms with Crippen LogP contribution in [0.5, 0.6) is 0 Å². The minimum absolute atomic E-state index is 0.145. The molecule has 3 rings (SSSR count). The van der Waals surface area contributed by atoms with Crippen molar-refractivity contribution in [1.29, 1.82) is 5.41 Å². The zero-order chi connectivity index (χ0) is 19.8. The number of nitrogens with one attached hydrogen (secondary N) is 1. The van der Waals surface area contributed by atoms with Crippen molar-refractivity contribution in [3.05, 3.63) is 64.8 Å². The standard InChI is InChI=1S/C19H17FN2O2S3/c1-11-8-13(20)6-7-15(11)12-4-3-5-14(9-12)27(23,24)17-10-16(18(21)22)26-19(17)25-2/h3-10H,1-2H3,(H3,21,22). The normalized spacial score (nSPS) is 11.5. The summed E-state index contributed by atoms with van der Waals surface area (Å²) in [6, 6.07) is 12.4. The van der Waals surface area contributed by atoms with E-state index in [4.69, 9.17) is 11.1 Å². The highest BCUT2D eigenvalue weighted by Crippen LogP contribution is 2.37. The molecule has 0 aliphatic carbocycles. The monoisotopic (exact) mass is 420 g/mol. The van der Waals surface area contributed by atoms with Gasteiger partial charge >= 0.3 is 0 Å². The van der Waals surface area contributed by atoms with Crippen molar-refractivity contribution < 1.29 is 12.8 Å². The molecule has 140 valence electrons. The van der Waals surface area contributed by atoms with Gasteiger partial charge in [-0.2, -0.15) is 0 Å². The number of thiophene rings is 1. The van der Waals surface area contributed by atoms with Gasteiger partial charge in [0.05, 0.1) is 18.9 Å². The average Bonchev–Trinajstić information content (AvgIpc) is 3.07. The molecule has 0 saturated heterocycles. The van der Waals surface area contributed by atoms with Crippen LogP contribution in [0.15, 0.2) is 62.5 Å². The number of amidine groups is 1. The molecule has 3 aromatic rings. The maximum atomic E-state index is 13.4. The third-order valence-corrected chi connectivity index (χ3v) is 8.39. The molecule has 0 aliphatic rings. The van der Waals surface area contributed by atoms with E-state index >= 15 is 0 Å². The van der Waals surface area contributed by atoms with Crippen molar-refractivity contribution in [2.24, 2.45) is 5.73 Å². The molecule has 1 aromatic heterocycles. The van der Waals surface area contributed by atoms with Gasteiger partial charge < -0.3 is 5.73 Å². The van der Waals surface area contributed by atoms with E-state index in [2.05, 4.69) is 0 Å². The molecule has 0 radical (unpaired) electrons. The number of hydrogen-bond acceptors (Lipinski definition) is 5. The van der Waals surface area contributed by atoms with Crippen LogP contribution in [0.25, 0.3) is 11.1 Å². The van der Waals surface area contributed by atoms with Crippen molar-refractivity contribution in [2.45, 2.75) is 20.9 Å². The fraction of sp³-hybridized carbons (Fsp3) is 0.105. The summed E-state index contributed by atoms with van der Waals surface area (Å²) in [6.07, 6.45) is 1.78.